The van der Waals surface area contributed by atoms with Crippen LogP contribution in [0.2, 0.25) is 0 Å². The lowest BCUT2D eigenvalue weighted by atomic mass is 10.2. The predicted octanol–water partition coefficient (Wildman–Crippen LogP) is 2.91. The van der Waals surface area contributed by atoms with Crippen molar-refractivity contribution in [2.45, 2.75) is 6.92 Å². The van der Waals surface area contributed by atoms with Gasteiger partial charge < -0.3 is 9.47 Å². The third-order valence-corrected chi connectivity index (χ3v) is 3.27. The summed E-state index contributed by atoms with van der Waals surface area (Å²) in [6.07, 6.45) is 1.71. The van der Waals surface area contributed by atoms with E-state index in [0.717, 1.165) is 16.4 Å². The Hall–Kier alpha value is -2.08. The maximum absolute atomic E-state index is 5.23. The number of anilines is 1. The van der Waals surface area contributed by atoms with E-state index in [4.69, 9.17) is 9.47 Å². The number of aryl methyl sites for hydroxylation is 1. The zero-order chi connectivity index (χ0) is 13.7. The quantitative estimate of drug-likeness (QED) is 0.674. The molecule has 1 aromatic heterocycles. The summed E-state index contributed by atoms with van der Waals surface area (Å²) in [5, 5.41) is 6.87. The molecule has 100 valence electrons. The Morgan fingerprint density at radius 1 is 1.26 bits per heavy atom. The highest BCUT2D eigenvalue weighted by Crippen LogP contribution is 2.26. The number of hydrogen-bond donors (Lipinski definition) is 1. The van der Waals surface area contributed by atoms with Crippen LogP contribution < -0.4 is 14.9 Å². The second kappa shape index (κ2) is 6.19. The summed E-state index contributed by atoms with van der Waals surface area (Å²) in [7, 11) is 3.22. The first-order valence-corrected chi connectivity index (χ1v) is 6.54. The molecule has 2 aromatic rings. The molecule has 0 saturated carbocycles. The zero-order valence-corrected chi connectivity index (χ0v) is 11.8. The van der Waals surface area contributed by atoms with Crippen LogP contribution in [0.4, 0.5) is 5.13 Å². The smallest absolute Gasteiger partial charge is 0.203 e. The third kappa shape index (κ3) is 3.45. The number of thiazole rings is 1. The average molecular weight is 277 g/mol. The molecule has 0 saturated heterocycles. The molecule has 0 unspecified atom stereocenters. The summed E-state index contributed by atoms with van der Waals surface area (Å²) in [4.78, 5) is 4.25. The SMILES string of the molecule is COc1ccc(/C=N\Nc2nc(C)cs2)cc1OC. The zero-order valence-electron chi connectivity index (χ0n) is 11.0. The number of hydrazone groups is 1. The Morgan fingerprint density at radius 2 is 2.05 bits per heavy atom. The van der Waals surface area contributed by atoms with Gasteiger partial charge in [0.25, 0.3) is 0 Å². The number of ether oxygens (including phenoxy) is 2. The van der Waals surface area contributed by atoms with Crippen LogP contribution in [0.5, 0.6) is 11.5 Å². The first kappa shape index (κ1) is 13.4. The molecule has 0 bridgehead atoms. The van der Waals surface area contributed by atoms with Gasteiger partial charge in [0, 0.05) is 5.38 Å². The Balaban J connectivity index is 2.06. The Labute approximate surface area is 115 Å². The van der Waals surface area contributed by atoms with Crippen molar-refractivity contribution < 1.29 is 9.47 Å². The standard InChI is InChI=1S/C13H15N3O2S/c1-9-8-19-13(15-9)16-14-7-10-4-5-11(17-2)12(6-10)18-3/h4-8H,1-3H3,(H,15,16)/b14-7-. The number of aromatic nitrogens is 1. The molecule has 2 rings (SSSR count). The Bertz CT molecular complexity index is 581. The maximum Gasteiger partial charge on any atom is 0.203 e. The lowest BCUT2D eigenvalue weighted by molar-refractivity contribution is 0.355. The molecular weight excluding hydrogens is 262 g/mol. The van der Waals surface area contributed by atoms with E-state index < -0.39 is 0 Å². The van der Waals surface area contributed by atoms with Gasteiger partial charge in [0.15, 0.2) is 11.5 Å². The molecule has 1 heterocycles. The van der Waals surface area contributed by atoms with E-state index in [-0.39, 0.29) is 0 Å². The number of hydrogen-bond acceptors (Lipinski definition) is 6. The molecule has 0 atom stereocenters. The van der Waals surface area contributed by atoms with Crippen LogP contribution in [0.1, 0.15) is 11.3 Å². The topological polar surface area (TPSA) is 55.7 Å². The summed E-state index contributed by atoms with van der Waals surface area (Å²) < 4.78 is 10.4. The summed E-state index contributed by atoms with van der Waals surface area (Å²) in [5.41, 5.74) is 4.78. The van der Waals surface area contributed by atoms with Gasteiger partial charge in [-0.3, -0.25) is 5.43 Å². The maximum atomic E-state index is 5.23. The van der Waals surface area contributed by atoms with Gasteiger partial charge in [-0.1, -0.05) is 0 Å². The van der Waals surface area contributed by atoms with Crippen LogP contribution in [-0.4, -0.2) is 25.4 Å². The summed E-state index contributed by atoms with van der Waals surface area (Å²) in [5.74, 6) is 1.37. The number of rotatable bonds is 5. The minimum atomic E-state index is 0.677. The lowest BCUT2D eigenvalue weighted by Gasteiger charge is -2.07. The Kier molecular flexibility index (Phi) is 4.35. The molecule has 0 amide bonds. The van der Waals surface area contributed by atoms with E-state index in [1.165, 1.54) is 11.3 Å². The van der Waals surface area contributed by atoms with Crippen molar-refractivity contribution in [2.75, 3.05) is 19.6 Å². The van der Waals surface area contributed by atoms with Gasteiger partial charge in [-0.05, 0) is 30.7 Å². The van der Waals surface area contributed by atoms with Gasteiger partial charge in [0.05, 0.1) is 26.1 Å². The van der Waals surface area contributed by atoms with Crippen LogP contribution in [0.3, 0.4) is 0 Å². The van der Waals surface area contributed by atoms with Gasteiger partial charge in [0.2, 0.25) is 5.13 Å². The molecule has 6 heteroatoms. The number of methoxy groups -OCH3 is 2. The van der Waals surface area contributed by atoms with E-state index >= 15 is 0 Å². The van der Waals surface area contributed by atoms with E-state index in [0.29, 0.717) is 11.5 Å². The van der Waals surface area contributed by atoms with Gasteiger partial charge in [0.1, 0.15) is 0 Å². The van der Waals surface area contributed by atoms with Crippen molar-refractivity contribution in [3.63, 3.8) is 0 Å². The minimum Gasteiger partial charge on any atom is -0.493 e. The lowest BCUT2D eigenvalue weighted by Crippen LogP contribution is -1.93. The number of benzene rings is 1. The Morgan fingerprint density at radius 3 is 2.68 bits per heavy atom. The minimum absolute atomic E-state index is 0.677. The number of nitrogens with one attached hydrogen (secondary N) is 1. The van der Waals surface area contributed by atoms with Gasteiger partial charge in [-0.2, -0.15) is 5.10 Å². The molecule has 1 aromatic carbocycles. The number of nitrogens with zero attached hydrogens (tertiary/aromatic N) is 2. The molecule has 0 aliphatic carbocycles. The van der Waals surface area contributed by atoms with Gasteiger partial charge in [-0.15, -0.1) is 11.3 Å². The molecule has 1 N–H and O–H groups in total. The van der Waals surface area contributed by atoms with Crippen LogP contribution in [0.15, 0.2) is 28.7 Å². The molecule has 0 spiro atoms. The summed E-state index contributed by atoms with van der Waals surface area (Å²) in [6, 6.07) is 5.60. The van der Waals surface area contributed by atoms with Crippen molar-refractivity contribution in [1.82, 2.24) is 4.98 Å². The highest BCUT2D eigenvalue weighted by Gasteiger charge is 2.03. The summed E-state index contributed by atoms with van der Waals surface area (Å²) in [6.45, 7) is 1.94. The van der Waals surface area contributed by atoms with Gasteiger partial charge in [-0.25, -0.2) is 4.98 Å². The second-order valence-electron chi connectivity index (χ2n) is 3.78. The van der Waals surface area contributed by atoms with Gasteiger partial charge >= 0.3 is 0 Å². The van der Waals surface area contributed by atoms with Crippen LogP contribution in [0.25, 0.3) is 0 Å². The van der Waals surface area contributed by atoms with E-state index in [2.05, 4.69) is 15.5 Å². The molecule has 19 heavy (non-hydrogen) atoms. The fourth-order valence-corrected chi connectivity index (χ4v) is 2.14. The fraction of sp³-hybridized carbons (Fsp3) is 0.231. The molecule has 5 nitrogen and oxygen atoms in total. The molecule has 0 radical (unpaired) electrons. The van der Waals surface area contributed by atoms with Crippen molar-refractivity contribution >= 4 is 22.7 Å². The summed E-state index contributed by atoms with van der Waals surface area (Å²) >= 11 is 1.52. The largest absolute Gasteiger partial charge is 0.493 e. The second-order valence-corrected chi connectivity index (χ2v) is 4.64. The van der Waals surface area contributed by atoms with Crippen LogP contribution >= 0.6 is 11.3 Å². The monoisotopic (exact) mass is 277 g/mol. The van der Waals surface area contributed by atoms with Crippen molar-refractivity contribution in [1.29, 1.82) is 0 Å². The van der Waals surface area contributed by atoms with E-state index in [1.54, 1.807) is 20.4 Å². The highest BCUT2D eigenvalue weighted by atomic mass is 32.1. The first-order valence-electron chi connectivity index (χ1n) is 5.66. The molecule has 0 aliphatic rings. The van der Waals surface area contributed by atoms with E-state index in [9.17, 15) is 0 Å². The van der Waals surface area contributed by atoms with E-state index in [1.807, 2.05) is 30.5 Å². The molecular formula is C13H15N3O2S. The fourth-order valence-electron chi connectivity index (χ4n) is 1.50. The van der Waals surface area contributed by atoms with Crippen molar-refractivity contribution in [2.24, 2.45) is 5.10 Å². The normalized spacial score (nSPS) is 10.7. The molecule has 0 fully saturated rings. The average Bonchev–Trinajstić information content (AvgIpc) is 2.84. The van der Waals surface area contributed by atoms with Crippen LogP contribution in [0, 0.1) is 6.92 Å². The van der Waals surface area contributed by atoms with Crippen LogP contribution in [-0.2, 0) is 0 Å². The third-order valence-electron chi connectivity index (χ3n) is 2.40. The predicted molar refractivity (Wildman–Crippen MR) is 77.6 cm³/mol. The molecule has 0 aliphatic heterocycles. The van der Waals surface area contributed by atoms with Crippen molar-refractivity contribution in [3.8, 4) is 11.5 Å². The van der Waals surface area contributed by atoms with Crippen molar-refractivity contribution in [3.05, 3.63) is 34.8 Å². The highest BCUT2D eigenvalue weighted by molar-refractivity contribution is 7.13. The first-order chi connectivity index (χ1) is 9.22.